The summed E-state index contributed by atoms with van der Waals surface area (Å²) >= 11 is 0. The topological polar surface area (TPSA) is 78.9 Å². The van der Waals surface area contributed by atoms with E-state index < -0.39 is 6.10 Å². The van der Waals surface area contributed by atoms with Crippen molar-refractivity contribution in [3.63, 3.8) is 0 Å². The standard InChI is InChI=1S/C67H116O6/c1-4-7-10-13-16-19-22-24-26-27-28-29-30-31-32-33-34-35-36-37-38-39-41-42-45-48-51-54-57-60-66(69)72-63-64(62-71-65(68)59-56-53-50-47-44-21-18-15-12-9-6-3)73-67(70)61-58-55-52-49-46-43-40-25-23-20-17-14-11-8-5-2/h7-8,10-11,16-17,19-20,24-26,28-29,40,64H,4-6,9,12-15,18,21-23,27,30-39,41-63H2,1-3H3/b10-7-,11-8-,19-16-,20-17-,26-24-,29-28-,40-25-. The highest BCUT2D eigenvalue weighted by Crippen LogP contribution is 2.17. The average molecular weight is 1020 g/mol. The lowest BCUT2D eigenvalue weighted by atomic mass is 10.0. The molecule has 0 aliphatic rings. The number of allylic oxidation sites excluding steroid dienone is 14. The second kappa shape index (κ2) is 61.1. The molecule has 0 aromatic rings. The van der Waals surface area contributed by atoms with E-state index in [1.54, 1.807) is 0 Å². The van der Waals surface area contributed by atoms with Gasteiger partial charge >= 0.3 is 17.9 Å². The molecular formula is C67H116O6. The van der Waals surface area contributed by atoms with Crippen LogP contribution in [0.5, 0.6) is 0 Å². The Hall–Kier alpha value is -3.41. The molecule has 1 atom stereocenters. The molecule has 0 aromatic heterocycles. The van der Waals surface area contributed by atoms with Crippen LogP contribution in [0.25, 0.3) is 0 Å². The number of unbranched alkanes of at least 4 members (excludes halogenated alkanes) is 31. The minimum absolute atomic E-state index is 0.0797. The summed E-state index contributed by atoms with van der Waals surface area (Å²) in [6.07, 6.45) is 80.3. The van der Waals surface area contributed by atoms with Crippen molar-refractivity contribution in [3.8, 4) is 0 Å². The van der Waals surface area contributed by atoms with E-state index in [1.807, 2.05) is 0 Å². The van der Waals surface area contributed by atoms with Crippen molar-refractivity contribution >= 4 is 17.9 Å². The highest BCUT2D eigenvalue weighted by molar-refractivity contribution is 5.71. The van der Waals surface area contributed by atoms with Crippen LogP contribution in [0.2, 0.25) is 0 Å². The largest absolute Gasteiger partial charge is 0.462 e. The van der Waals surface area contributed by atoms with E-state index in [-0.39, 0.29) is 31.1 Å². The molecule has 0 bridgehead atoms. The first-order chi connectivity index (χ1) is 36.0. The van der Waals surface area contributed by atoms with Gasteiger partial charge in [0.2, 0.25) is 0 Å². The van der Waals surface area contributed by atoms with E-state index in [9.17, 15) is 14.4 Å². The zero-order valence-electron chi connectivity index (χ0n) is 48.1. The molecule has 0 aliphatic carbocycles. The molecule has 0 rings (SSSR count). The van der Waals surface area contributed by atoms with Gasteiger partial charge in [0.05, 0.1) is 0 Å². The van der Waals surface area contributed by atoms with Crippen LogP contribution in [-0.4, -0.2) is 37.2 Å². The Labute approximate surface area is 452 Å². The second-order valence-electron chi connectivity index (χ2n) is 20.6. The van der Waals surface area contributed by atoms with Gasteiger partial charge in [0, 0.05) is 19.3 Å². The molecule has 0 fully saturated rings. The molecule has 0 spiro atoms. The maximum atomic E-state index is 12.8. The van der Waals surface area contributed by atoms with Gasteiger partial charge in [0.1, 0.15) is 13.2 Å². The van der Waals surface area contributed by atoms with Gasteiger partial charge < -0.3 is 14.2 Å². The number of carbonyl (C=O) groups is 3. The summed E-state index contributed by atoms with van der Waals surface area (Å²) in [5, 5.41) is 0. The van der Waals surface area contributed by atoms with Crippen LogP contribution >= 0.6 is 0 Å². The fraction of sp³-hybridized carbons (Fsp3) is 0.746. The van der Waals surface area contributed by atoms with E-state index >= 15 is 0 Å². The summed E-state index contributed by atoms with van der Waals surface area (Å²) in [4.78, 5) is 38.2. The van der Waals surface area contributed by atoms with Crippen molar-refractivity contribution in [2.24, 2.45) is 0 Å². The average Bonchev–Trinajstić information content (AvgIpc) is 3.39. The number of hydrogen-bond donors (Lipinski definition) is 0. The molecular weight excluding hydrogens is 901 g/mol. The smallest absolute Gasteiger partial charge is 0.306 e. The van der Waals surface area contributed by atoms with Crippen LogP contribution in [0.3, 0.4) is 0 Å². The molecule has 420 valence electrons. The Morgan fingerprint density at radius 3 is 0.836 bits per heavy atom. The maximum Gasteiger partial charge on any atom is 0.306 e. The summed E-state index contributed by atoms with van der Waals surface area (Å²) in [5.74, 6) is -0.887. The molecule has 0 amide bonds. The highest BCUT2D eigenvalue weighted by atomic mass is 16.6. The van der Waals surface area contributed by atoms with Crippen LogP contribution in [0, 0.1) is 0 Å². The zero-order valence-corrected chi connectivity index (χ0v) is 48.1. The summed E-state index contributed by atoms with van der Waals surface area (Å²) in [6, 6.07) is 0. The molecule has 6 nitrogen and oxygen atoms in total. The van der Waals surface area contributed by atoms with Crippen molar-refractivity contribution in [2.75, 3.05) is 13.2 Å². The van der Waals surface area contributed by atoms with Gasteiger partial charge in [0.25, 0.3) is 0 Å². The number of hydrogen-bond acceptors (Lipinski definition) is 6. The fourth-order valence-corrected chi connectivity index (χ4v) is 8.80. The molecule has 6 heteroatoms. The third-order valence-electron chi connectivity index (χ3n) is 13.4. The van der Waals surface area contributed by atoms with E-state index in [2.05, 4.69) is 106 Å². The van der Waals surface area contributed by atoms with E-state index in [0.29, 0.717) is 19.3 Å². The van der Waals surface area contributed by atoms with Gasteiger partial charge in [-0.25, -0.2) is 0 Å². The normalized spacial score (nSPS) is 12.6. The van der Waals surface area contributed by atoms with E-state index in [1.165, 1.54) is 141 Å². The summed E-state index contributed by atoms with van der Waals surface area (Å²) < 4.78 is 16.9. The predicted octanol–water partition coefficient (Wildman–Crippen LogP) is 21.1. The van der Waals surface area contributed by atoms with Gasteiger partial charge in [0.15, 0.2) is 6.10 Å². The fourth-order valence-electron chi connectivity index (χ4n) is 8.80. The van der Waals surface area contributed by atoms with Crippen LogP contribution in [0.1, 0.15) is 303 Å². The monoisotopic (exact) mass is 1020 g/mol. The number of esters is 3. The minimum atomic E-state index is -0.782. The van der Waals surface area contributed by atoms with E-state index in [4.69, 9.17) is 14.2 Å². The highest BCUT2D eigenvalue weighted by Gasteiger charge is 2.19. The Morgan fingerprint density at radius 2 is 0.534 bits per heavy atom. The Bertz CT molecular complexity index is 1400. The van der Waals surface area contributed by atoms with Gasteiger partial charge in [-0.05, 0) is 89.9 Å². The molecule has 0 N–H and O–H groups in total. The molecule has 73 heavy (non-hydrogen) atoms. The first-order valence-corrected chi connectivity index (χ1v) is 31.1. The lowest BCUT2D eigenvalue weighted by Crippen LogP contribution is -2.30. The van der Waals surface area contributed by atoms with Gasteiger partial charge in [-0.1, -0.05) is 279 Å². The Morgan fingerprint density at radius 1 is 0.288 bits per heavy atom. The molecule has 0 aromatic carbocycles. The minimum Gasteiger partial charge on any atom is -0.462 e. The SMILES string of the molecule is CC/C=C\C/C=C\C/C=C\C/C=C\CCCCCCCCCCCCCCCCCCC(=O)OCC(COC(=O)CCCCCCCCCCCCC)OC(=O)CCCCCCC/C=C\C/C=C\C/C=C\CC. The lowest BCUT2D eigenvalue weighted by Gasteiger charge is -2.18. The van der Waals surface area contributed by atoms with Crippen molar-refractivity contribution in [2.45, 2.75) is 309 Å². The van der Waals surface area contributed by atoms with Crippen LogP contribution in [0.4, 0.5) is 0 Å². The van der Waals surface area contributed by atoms with E-state index in [0.717, 1.165) is 122 Å². The first kappa shape index (κ1) is 69.6. The number of carbonyl (C=O) groups excluding carboxylic acids is 3. The summed E-state index contributed by atoms with van der Waals surface area (Å²) in [5.41, 5.74) is 0. The van der Waals surface area contributed by atoms with Gasteiger partial charge in [-0.15, -0.1) is 0 Å². The molecule has 0 aliphatic heterocycles. The third-order valence-corrected chi connectivity index (χ3v) is 13.4. The van der Waals surface area contributed by atoms with Crippen LogP contribution < -0.4 is 0 Å². The van der Waals surface area contributed by atoms with Crippen molar-refractivity contribution < 1.29 is 28.6 Å². The quantitative estimate of drug-likeness (QED) is 0.0261. The number of rotatable bonds is 56. The molecule has 0 saturated heterocycles. The second-order valence-corrected chi connectivity index (χ2v) is 20.6. The van der Waals surface area contributed by atoms with Crippen molar-refractivity contribution in [1.82, 2.24) is 0 Å². The molecule has 0 radical (unpaired) electrons. The molecule has 0 heterocycles. The Kier molecular flexibility index (Phi) is 58.3. The lowest BCUT2D eigenvalue weighted by molar-refractivity contribution is -0.167. The number of ether oxygens (including phenoxy) is 3. The van der Waals surface area contributed by atoms with Gasteiger partial charge in [-0.3, -0.25) is 14.4 Å². The summed E-state index contributed by atoms with van der Waals surface area (Å²) in [7, 11) is 0. The van der Waals surface area contributed by atoms with Gasteiger partial charge in [-0.2, -0.15) is 0 Å². The maximum absolute atomic E-state index is 12.8. The van der Waals surface area contributed by atoms with Crippen molar-refractivity contribution in [3.05, 3.63) is 85.1 Å². The molecule has 1 unspecified atom stereocenters. The van der Waals surface area contributed by atoms with Crippen molar-refractivity contribution in [1.29, 1.82) is 0 Å². The third kappa shape index (κ3) is 59.3. The van der Waals surface area contributed by atoms with Crippen LogP contribution in [0.15, 0.2) is 85.1 Å². The Balaban J connectivity index is 4.18. The summed E-state index contributed by atoms with van der Waals surface area (Å²) in [6.45, 7) is 6.42. The van der Waals surface area contributed by atoms with Crippen LogP contribution in [-0.2, 0) is 28.6 Å². The predicted molar refractivity (Wildman–Crippen MR) is 316 cm³/mol. The first-order valence-electron chi connectivity index (χ1n) is 31.1. The zero-order chi connectivity index (χ0) is 52.9. The molecule has 0 saturated carbocycles.